The Balaban J connectivity index is 1.32. The molecule has 3 aromatic rings. The summed E-state index contributed by atoms with van der Waals surface area (Å²) in [6, 6.07) is 11.5. The van der Waals surface area contributed by atoms with Gasteiger partial charge in [0.25, 0.3) is 0 Å². The maximum Gasteiger partial charge on any atom is 0.234 e. The SMILES string of the molecule is CC(=O)N1CCc2cc(NC(=O)CSc3nnc(COc4c(C)cccc4C)n3N)ccc21. The number of ether oxygens (including phenoxy) is 1. The molecular weight excluding hydrogens is 440 g/mol. The molecular formula is C23H26N6O3S. The summed E-state index contributed by atoms with van der Waals surface area (Å²) in [5.74, 6) is 7.34. The number of nitrogens with zero attached hydrogens (tertiary/aromatic N) is 4. The summed E-state index contributed by atoms with van der Waals surface area (Å²) in [5.41, 5.74) is 4.71. The van der Waals surface area contributed by atoms with E-state index in [1.165, 1.54) is 16.4 Å². The highest BCUT2D eigenvalue weighted by atomic mass is 32.2. The van der Waals surface area contributed by atoms with Crippen LogP contribution in [-0.2, 0) is 22.6 Å². The number of aryl methyl sites for hydroxylation is 2. The molecule has 0 fully saturated rings. The molecule has 0 aliphatic carbocycles. The number of nitrogens with two attached hydrogens (primary N) is 1. The third-order valence-corrected chi connectivity index (χ3v) is 6.40. The van der Waals surface area contributed by atoms with Gasteiger partial charge in [-0.25, -0.2) is 4.68 Å². The quantitative estimate of drug-likeness (QED) is 0.406. The number of aromatic nitrogens is 3. The second-order valence-corrected chi connectivity index (χ2v) is 8.82. The van der Waals surface area contributed by atoms with Gasteiger partial charge < -0.3 is 20.8 Å². The van der Waals surface area contributed by atoms with Crippen molar-refractivity contribution in [1.82, 2.24) is 14.9 Å². The van der Waals surface area contributed by atoms with Crippen molar-refractivity contribution in [2.75, 3.05) is 28.4 Å². The third-order valence-electron chi connectivity index (χ3n) is 5.46. The molecule has 0 saturated heterocycles. The number of fused-ring (bicyclic) bond motifs is 1. The molecule has 0 bridgehead atoms. The van der Waals surface area contributed by atoms with E-state index in [1.807, 2.05) is 44.2 Å². The minimum Gasteiger partial charge on any atom is -0.485 e. The highest BCUT2D eigenvalue weighted by Crippen LogP contribution is 2.30. The number of benzene rings is 2. The van der Waals surface area contributed by atoms with Gasteiger partial charge in [-0.05, 0) is 55.2 Å². The van der Waals surface area contributed by atoms with Crippen LogP contribution in [-0.4, -0.2) is 39.0 Å². The van der Waals surface area contributed by atoms with Crippen LogP contribution in [0.4, 0.5) is 11.4 Å². The fourth-order valence-electron chi connectivity index (χ4n) is 3.80. The number of nitrogens with one attached hydrogen (secondary N) is 1. The molecule has 4 rings (SSSR count). The molecule has 9 nitrogen and oxygen atoms in total. The van der Waals surface area contributed by atoms with E-state index in [0.717, 1.165) is 34.5 Å². The molecule has 172 valence electrons. The molecule has 1 aromatic heterocycles. The first-order valence-corrected chi connectivity index (χ1v) is 11.5. The normalized spacial score (nSPS) is 12.5. The topological polar surface area (TPSA) is 115 Å². The van der Waals surface area contributed by atoms with Crippen molar-refractivity contribution < 1.29 is 14.3 Å². The second kappa shape index (κ2) is 9.53. The van der Waals surface area contributed by atoms with Gasteiger partial charge in [-0.3, -0.25) is 9.59 Å². The monoisotopic (exact) mass is 466 g/mol. The number of nitrogen functional groups attached to an aromatic ring is 1. The Labute approximate surface area is 196 Å². The first-order valence-electron chi connectivity index (χ1n) is 10.6. The Morgan fingerprint density at radius 2 is 1.94 bits per heavy atom. The van der Waals surface area contributed by atoms with E-state index in [4.69, 9.17) is 10.6 Å². The summed E-state index contributed by atoms with van der Waals surface area (Å²) in [6.07, 6.45) is 0.774. The first-order chi connectivity index (χ1) is 15.8. The van der Waals surface area contributed by atoms with Crippen molar-refractivity contribution >= 4 is 35.0 Å². The zero-order chi connectivity index (χ0) is 23.5. The molecule has 0 atom stereocenters. The summed E-state index contributed by atoms with van der Waals surface area (Å²) >= 11 is 1.20. The van der Waals surface area contributed by atoms with Crippen molar-refractivity contribution in [3.05, 3.63) is 58.9 Å². The Hall–Kier alpha value is -3.53. The average molecular weight is 467 g/mol. The van der Waals surface area contributed by atoms with Gasteiger partial charge in [-0.2, -0.15) is 0 Å². The number of anilines is 2. The van der Waals surface area contributed by atoms with Crippen LogP contribution in [0.15, 0.2) is 41.6 Å². The predicted molar refractivity (Wildman–Crippen MR) is 128 cm³/mol. The molecule has 33 heavy (non-hydrogen) atoms. The van der Waals surface area contributed by atoms with Gasteiger partial charge in [-0.1, -0.05) is 30.0 Å². The summed E-state index contributed by atoms with van der Waals surface area (Å²) in [5, 5.41) is 11.5. The van der Waals surface area contributed by atoms with Crippen LogP contribution in [0.25, 0.3) is 0 Å². The van der Waals surface area contributed by atoms with Crippen LogP contribution in [0.5, 0.6) is 5.75 Å². The zero-order valence-corrected chi connectivity index (χ0v) is 19.6. The number of para-hydroxylation sites is 1. The molecule has 1 aliphatic rings. The van der Waals surface area contributed by atoms with E-state index in [2.05, 4.69) is 15.5 Å². The molecule has 0 radical (unpaired) electrons. The van der Waals surface area contributed by atoms with Gasteiger partial charge in [-0.15, -0.1) is 10.2 Å². The number of rotatable bonds is 7. The summed E-state index contributed by atoms with van der Waals surface area (Å²) in [4.78, 5) is 25.9. The predicted octanol–water partition coefficient (Wildman–Crippen LogP) is 2.83. The minimum atomic E-state index is -0.183. The van der Waals surface area contributed by atoms with Gasteiger partial charge in [0.1, 0.15) is 12.4 Å². The molecule has 2 amide bonds. The molecule has 10 heteroatoms. The molecule has 3 N–H and O–H groups in total. The highest BCUT2D eigenvalue weighted by molar-refractivity contribution is 7.99. The van der Waals surface area contributed by atoms with Crippen LogP contribution in [0.1, 0.15) is 29.4 Å². The van der Waals surface area contributed by atoms with Crippen molar-refractivity contribution in [1.29, 1.82) is 0 Å². The zero-order valence-electron chi connectivity index (χ0n) is 18.8. The van der Waals surface area contributed by atoms with Crippen LogP contribution in [0.2, 0.25) is 0 Å². The Morgan fingerprint density at radius 1 is 1.18 bits per heavy atom. The van der Waals surface area contributed by atoms with Gasteiger partial charge in [0.15, 0.2) is 5.82 Å². The first kappa shape index (κ1) is 22.7. The van der Waals surface area contributed by atoms with Crippen molar-refractivity contribution in [2.24, 2.45) is 0 Å². The van der Waals surface area contributed by atoms with Gasteiger partial charge in [0.2, 0.25) is 17.0 Å². The van der Waals surface area contributed by atoms with Crippen LogP contribution in [0, 0.1) is 13.8 Å². The average Bonchev–Trinajstić information content (AvgIpc) is 3.35. The summed E-state index contributed by atoms with van der Waals surface area (Å²) in [7, 11) is 0. The number of hydrogen-bond donors (Lipinski definition) is 2. The van der Waals surface area contributed by atoms with E-state index in [1.54, 1.807) is 17.9 Å². The molecule has 0 saturated carbocycles. The minimum absolute atomic E-state index is 0.0200. The second-order valence-electron chi connectivity index (χ2n) is 7.88. The number of carbonyl (C=O) groups excluding carboxylic acids is 2. The number of thioether (sulfide) groups is 1. The largest absolute Gasteiger partial charge is 0.485 e. The molecule has 2 aromatic carbocycles. The highest BCUT2D eigenvalue weighted by Gasteiger charge is 2.22. The van der Waals surface area contributed by atoms with E-state index in [0.29, 0.717) is 23.2 Å². The van der Waals surface area contributed by atoms with Gasteiger partial charge >= 0.3 is 0 Å². The van der Waals surface area contributed by atoms with Crippen molar-refractivity contribution in [2.45, 2.75) is 39.0 Å². The van der Waals surface area contributed by atoms with Gasteiger partial charge in [0.05, 0.1) is 5.75 Å². The summed E-state index contributed by atoms with van der Waals surface area (Å²) < 4.78 is 7.24. The fraction of sp³-hybridized carbons (Fsp3) is 0.304. The third kappa shape index (κ3) is 4.95. The lowest BCUT2D eigenvalue weighted by Gasteiger charge is -2.15. The lowest BCUT2D eigenvalue weighted by molar-refractivity contribution is -0.116. The van der Waals surface area contributed by atoms with E-state index < -0.39 is 0 Å². The molecule has 2 heterocycles. The summed E-state index contributed by atoms with van der Waals surface area (Å²) in [6.45, 7) is 6.36. The van der Waals surface area contributed by atoms with Crippen LogP contribution >= 0.6 is 11.8 Å². The van der Waals surface area contributed by atoms with E-state index in [9.17, 15) is 9.59 Å². The lowest BCUT2D eigenvalue weighted by Crippen LogP contribution is -2.25. The number of hydrogen-bond acceptors (Lipinski definition) is 7. The number of amides is 2. The smallest absolute Gasteiger partial charge is 0.234 e. The molecule has 0 unspecified atom stereocenters. The maximum atomic E-state index is 12.4. The van der Waals surface area contributed by atoms with E-state index in [-0.39, 0.29) is 24.2 Å². The Kier molecular flexibility index (Phi) is 6.55. The molecule has 0 spiro atoms. The van der Waals surface area contributed by atoms with Crippen molar-refractivity contribution in [3.63, 3.8) is 0 Å². The van der Waals surface area contributed by atoms with E-state index >= 15 is 0 Å². The van der Waals surface area contributed by atoms with Crippen molar-refractivity contribution in [3.8, 4) is 5.75 Å². The van der Waals surface area contributed by atoms with Crippen LogP contribution < -0.4 is 20.8 Å². The molecule has 1 aliphatic heterocycles. The fourth-order valence-corrected chi connectivity index (χ4v) is 4.48. The maximum absolute atomic E-state index is 12.4. The van der Waals surface area contributed by atoms with Crippen LogP contribution in [0.3, 0.4) is 0 Å². The Morgan fingerprint density at radius 3 is 2.67 bits per heavy atom. The standard InChI is InChI=1S/C23H26N6O3S/c1-14-5-4-6-15(2)22(14)32-12-20-26-27-23(29(20)24)33-13-21(31)25-18-7-8-19-17(11-18)9-10-28(19)16(3)30/h4-8,11H,9-10,12-13,24H2,1-3H3,(H,25,31). The Bertz CT molecular complexity index is 1190. The van der Waals surface area contributed by atoms with Gasteiger partial charge in [0, 0.05) is 24.8 Å². The number of carbonyl (C=O) groups is 2. The lowest BCUT2D eigenvalue weighted by atomic mass is 10.1.